The highest BCUT2D eigenvalue weighted by atomic mass is 32.1. The van der Waals surface area contributed by atoms with Crippen LogP contribution in [0.4, 0.5) is 0 Å². The number of thiazole rings is 1. The van der Waals surface area contributed by atoms with Crippen LogP contribution in [0.2, 0.25) is 0 Å². The van der Waals surface area contributed by atoms with Crippen LogP contribution >= 0.6 is 11.3 Å². The van der Waals surface area contributed by atoms with Gasteiger partial charge in [0.15, 0.2) is 12.2 Å². The minimum atomic E-state index is -1.79. The molecule has 4 rings (SSSR count). The van der Waals surface area contributed by atoms with E-state index >= 15 is 0 Å². The van der Waals surface area contributed by atoms with Gasteiger partial charge < -0.3 is 19.7 Å². The Kier molecular flexibility index (Phi) is 10.5. The third-order valence-corrected chi connectivity index (χ3v) is 9.17. The molecule has 228 valence electrons. The van der Waals surface area contributed by atoms with E-state index in [1.807, 2.05) is 56.5 Å². The van der Waals surface area contributed by atoms with Gasteiger partial charge in [0.1, 0.15) is 16.9 Å². The molecule has 1 aromatic heterocycles. The molecule has 2 aliphatic heterocycles. The third-order valence-electron chi connectivity index (χ3n) is 8.37. The Labute approximate surface area is 252 Å². The minimum Gasteiger partial charge on any atom is -0.455 e. The van der Waals surface area contributed by atoms with Gasteiger partial charge in [-0.3, -0.25) is 14.6 Å². The van der Waals surface area contributed by atoms with Crippen LogP contribution in [0, 0.1) is 17.3 Å². The minimum absolute atomic E-state index is 0.0129. The summed E-state index contributed by atoms with van der Waals surface area (Å²) in [7, 11) is 0. The summed E-state index contributed by atoms with van der Waals surface area (Å²) in [6.07, 6.45) is 3.65. The van der Waals surface area contributed by atoms with Crippen molar-refractivity contribution in [3.63, 3.8) is 0 Å². The number of hydrogen-bond donors (Lipinski definition) is 2. The number of hydrogen-bond acceptors (Lipinski definition) is 9. The van der Waals surface area contributed by atoms with E-state index in [2.05, 4.69) is 16.9 Å². The predicted molar refractivity (Wildman–Crippen MR) is 164 cm³/mol. The summed E-state index contributed by atoms with van der Waals surface area (Å²) in [4.78, 5) is 35.3. The Balaban J connectivity index is 1.51. The summed E-state index contributed by atoms with van der Waals surface area (Å²) in [6, 6.07) is 9.94. The number of esters is 1. The summed E-state index contributed by atoms with van der Waals surface area (Å²) in [5.74, 6) is -1.97. The van der Waals surface area contributed by atoms with Gasteiger partial charge in [-0.25, -0.2) is 4.98 Å². The van der Waals surface area contributed by atoms with Crippen LogP contribution < -0.4 is 0 Å². The van der Waals surface area contributed by atoms with Gasteiger partial charge in [0.05, 0.1) is 18.5 Å². The van der Waals surface area contributed by atoms with E-state index in [1.54, 1.807) is 19.2 Å². The van der Waals surface area contributed by atoms with E-state index in [-0.39, 0.29) is 18.1 Å². The molecule has 6 atom stereocenters. The van der Waals surface area contributed by atoms with Crippen molar-refractivity contribution in [1.82, 2.24) is 4.98 Å². The number of cyclic esters (lactones) is 1. The van der Waals surface area contributed by atoms with E-state index in [0.29, 0.717) is 36.6 Å². The fraction of sp³-hybridized carbons (Fsp3) is 0.576. The van der Waals surface area contributed by atoms with Gasteiger partial charge >= 0.3 is 5.97 Å². The number of ketones is 1. The lowest BCUT2D eigenvalue weighted by atomic mass is 9.75. The monoisotopic (exact) mass is 596 g/mol. The molecule has 9 heteroatoms. The van der Waals surface area contributed by atoms with Crippen molar-refractivity contribution in [2.75, 3.05) is 0 Å². The molecule has 2 aliphatic rings. The Morgan fingerprint density at radius 2 is 1.93 bits per heavy atom. The number of carbonyl (C=O) groups is 2. The maximum absolute atomic E-state index is 13.2. The van der Waals surface area contributed by atoms with Gasteiger partial charge in [0.25, 0.3) is 0 Å². The second kappa shape index (κ2) is 13.7. The van der Waals surface area contributed by atoms with Crippen molar-refractivity contribution in [2.24, 2.45) is 22.2 Å². The lowest BCUT2D eigenvalue weighted by molar-refractivity contribution is -0.165. The number of nitrogens with zero attached hydrogens (tertiary/aromatic N) is 2. The molecule has 2 N–H and O–H groups in total. The maximum Gasteiger partial charge on any atom is 0.306 e. The number of ether oxygens (including phenoxy) is 2. The SMILES string of the molecule is CC(=Cc1csc(C=NCc2ccccc2)n1)C1OC(=O)CCC(C)(C)C(=O)C(C)CC(C)CCCC2OC2(O)C1O. The summed E-state index contributed by atoms with van der Waals surface area (Å²) in [5, 5.41) is 25.0. The average molecular weight is 597 g/mol. The van der Waals surface area contributed by atoms with Crippen molar-refractivity contribution in [2.45, 2.75) is 104 Å². The van der Waals surface area contributed by atoms with E-state index in [9.17, 15) is 19.8 Å². The Morgan fingerprint density at radius 3 is 2.67 bits per heavy atom. The molecular weight excluding hydrogens is 552 g/mol. The first-order valence-corrected chi connectivity index (χ1v) is 15.8. The zero-order valence-electron chi connectivity index (χ0n) is 25.3. The smallest absolute Gasteiger partial charge is 0.306 e. The van der Waals surface area contributed by atoms with Gasteiger partial charge in [-0.2, -0.15) is 0 Å². The number of rotatable bonds is 5. The highest BCUT2D eigenvalue weighted by Crippen LogP contribution is 2.43. The van der Waals surface area contributed by atoms with Crippen LogP contribution in [0.25, 0.3) is 6.08 Å². The first-order valence-electron chi connectivity index (χ1n) is 14.9. The van der Waals surface area contributed by atoms with Crippen LogP contribution in [-0.2, 0) is 25.6 Å². The van der Waals surface area contributed by atoms with Crippen LogP contribution in [0.1, 0.15) is 89.4 Å². The highest BCUT2D eigenvalue weighted by molar-refractivity contribution is 7.11. The molecule has 0 radical (unpaired) electrons. The van der Waals surface area contributed by atoms with Crippen LogP contribution in [0.5, 0.6) is 0 Å². The molecule has 0 aliphatic carbocycles. The fourth-order valence-electron chi connectivity index (χ4n) is 5.78. The number of aliphatic hydroxyl groups is 2. The number of aliphatic hydroxyl groups excluding tert-OH is 1. The van der Waals surface area contributed by atoms with E-state index in [4.69, 9.17) is 9.47 Å². The van der Waals surface area contributed by atoms with Crippen molar-refractivity contribution < 1.29 is 29.3 Å². The number of carbonyl (C=O) groups excluding carboxylic acids is 2. The van der Waals surface area contributed by atoms with Gasteiger partial charge in [-0.05, 0) is 49.3 Å². The molecular formula is C33H44N2O6S. The molecule has 8 nitrogen and oxygen atoms in total. The number of fused-ring (bicyclic) bond motifs is 1. The predicted octanol–water partition coefficient (Wildman–Crippen LogP) is 5.75. The summed E-state index contributed by atoms with van der Waals surface area (Å²) in [5.41, 5.74) is 1.57. The Hall–Kier alpha value is -2.72. The van der Waals surface area contributed by atoms with Crippen molar-refractivity contribution in [3.8, 4) is 0 Å². The van der Waals surface area contributed by atoms with Crippen LogP contribution in [-0.4, -0.2) is 57.3 Å². The number of Topliss-reactive ketones (excluding diaryl/α,β-unsaturated/α-hetero) is 1. The lowest BCUT2D eigenvalue weighted by Gasteiger charge is -2.29. The molecule has 42 heavy (non-hydrogen) atoms. The first kappa shape index (κ1) is 32.2. The molecule has 3 heterocycles. The first-order chi connectivity index (χ1) is 19.9. The second-order valence-electron chi connectivity index (χ2n) is 12.6. The Morgan fingerprint density at radius 1 is 1.19 bits per heavy atom. The topological polar surface area (TPSA) is 122 Å². The number of benzene rings is 1. The van der Waals surface area contributed by atoms with E-state index < -0.39 is 35.5 Å². The maximum atomic E-state index is 13.2. The number of aromatic nitrogens is 1. The van der Waals surface area contributed by atoms with Crippen LogP contribution in [0.3, 0.4) is 0 Å². The van der Waals surface area contributed by atoms with Gasteiger partial charge in [0, 0.05) is 23.1 Å². The third kappa shape index (κ3) is 8.22. The largest absolute Gasteiger partial charge is 0.455 e. The summed E-state index contributed by atoms with van der Waals surface area (Å²) >= 11 is 1.43. The van der Waals surface area contributed by atoms with Gasteiger partial charge in [-0.15, -0.1) is 11.3 Å². The molecule has 2 aromatic rings. The number of epoxide rings is 1. The zero-order chi connectivity index (χ0) is 30.5. The lowest BCUT2D eigenvalue weighted by Crippen LogP contribution is -2.45. The molecule has 0 bridgehead atoms. The average Bonchev–Trinajstić information content (AvgIpc) is 3.41. The molecule has 1 aromatic carbocycles. The normalized spacial score (nSPS) is 31.5. The Bertz CT molecular complexity index is 1290. The summed E-state index contributed by atoms with van der Waals surface area (Å²) in [6.45, 7) is 10.1. The van der Waals surface area contributed by atoms with Crippen molar-refractivity contribution in [1.29, 1.82) is 0 Å². The molecule has 0 amide bonds. The number of aliphatic imine (C=N–C) groups is 1. The zero-order valence-corrected chi connectivity index (χ0v) is 26.1. The molecule has 2 saturated heterocycles. The molecule has 6 unspecified atom stereocenters. The van der Waals surface area contributed by atoms with E-state index in [1.165, 1.54) is 11.3 Å². The fourth-order valence-corrected chi connectivity index (χ4v) is 6.44. The molecule has 0 spiro atoms. The van der Waals surface area contributed by atoms with Gasteiger partial charge in [0.2, 0.25) is 5.79 Å². The van der Waals surface area contributed by atoms with Crippen LogP contribution in [0.15, 0.2) is 46.3 Å². The van der Waals surface area contributed by atoms with E-state index in [0.717, 1.165) is 29.8 Å². The van der Waals surface area contributed by atoms with Crippen molar-refractivity contribution in [3.05, 3.63) is 57.6 Å². The van der Waals surface area contributed by atoms with Gasteiger partial charge in [-0.1, -0.05) is 70.9 Å². The second-order valence-corrected chi connectivity index (χ2v) is 13.5. The quantitative estimate of drug-likeness (QED) is 0.256. The van der Waals surface area contributed by atoms with Crippen molar-refractivity contribution >= 4 is 35.4 Å². The molecule has 2 fully saturated rings. The molecule has 0 saturated carbocycles. The highest BCUT2D eigenvalue weighted by Gasteiger charge is 2.63. The standard InChI is InChI=1S/C33H44N2O6S/c1-21-10-9-13-26-33(39,41-26)31(38)29(40-28(36)14-15-32(4,5)30(37)23(3)16-21)22(2)17-25-20-42-27(35-25)19-34-18-24-11-7-6-8-12-24/h6-8,11-12,17,19-21,23,26,29,31,38-39H,9-10,13-16,18H2,1-5H3. The summed E-state index contributed by atoms with van der Waals surface area (Å²) < 4.78 is 11.4.